The molecule has 0 spiro atoms. The fourth-order valence-electron chi connectivity index (χ4n) is 3.00. The number of Topliss-reactive ketones (excluding diaryl/α,β-unsaturated/α-hetero) is 1. The molecule has 1 atom stereocenters. The molecule has 0 saturated carbocycles. The lowest BCUT2D eigenvalue weighted by atomic mass is 9.82. The highest BCUT2D eigenvalue weighted by atomic mass is 16.5. The zero-order chi connectivity index (χ0) is 16.2. The van der Waals surface area contributed by atoms with Crippen LogP contribution >= 0.6 is 0 Å². The van der Waals surface area contributed by atoms with Crippen LogP contribution in [0.3, 0.4) is 0 Å². The molecule has 0 fully saturated rings. The van der Waals surface area contributed by atoms with Crippen molar-refractivity contribution in [1.82, 2.24) is 5.32 Å². The van der Waals surface area contributed by atoms with Crippen LogP contribution in [0.1, 0.15) is 27.9 Å². The number of amides is 1. The molecule has 0 saturated heterocycles. The van der Waals surface area contributed by atoms with Crippen molar-refractivity contribution in [2.75, 3.05) is 7.11 Å². The van der Waals surface area contributed by atoms with Crippen LogP contribution < -0.4 is 10.1 Å². The number of ether oxygens (including phenoxy) is 1. The van der Waals surface area contributed by atoms with Crippen molar-refractivity contribution in [2.24, 2.45) is 5.92 Å². The van der Waals surface area contributed by atoms with Crippen molar-refractivity contribution in [3.63, 3.8) is 0 Å². The van der Waals surface area contributed by atoms with Crippen LogP contribution in [-0.2, 0) is 17.8 Å². The fraction of sp³-hybridized carbons (Fsp3) is 0.263. The van der Waals surface area contributed by atoms with Gasteiger partial charge in [-0.2, -0.15) is 0 Å². The molecule has 4 heteroatoms. The van der Waals surface area contributed by atoms with Crippen LogP contribution in [0.25, 0.3) is 0 Å². The van der Waals surface area contributed by atoms with Crippen LogP contribution in [0, 0.1) is 5.92 Å². The van der Waals surface area contributed by atoms with Gasteiger partial charge in [-0.1, -0.05) is 42.5 Å². The molecular weight excluding hydrogens is 290 g/mol. The summed E-state index contributed by atoms with van der Waals surface area (Å²) in [5.74, 6) is 0.410. The molecule has 1 aliphatic carbocycles. The zero-order valence-corrected chi connectivity index (χ0v) is 13.0. The van der Waals surface area contributed by atoms with Gasteiger partial charge < -0.3 is 10.1 Å². The van der Waals surface area contributed by atoms with Crippen molar-refractivity contribution in [3.05, 3.63) is 65.2 Å². The quantitative estimate of drug-likeness (QED) is 0.945. The Balaban J connectivity index is 1.67. The number of carbonyl (C=O) groups excluding carboxylic acids is 2. The number of carbonyl (C=O) groups is 2. The standard InChI is InChI=1S/C19H19NO3/c1-23-18-9-5-3-7-14(18)12-20-19(22)15-10-13-6-2-4-8-16(13)17(21)11-15/h2-9,15H,10-12H2,1H3,(H,20,22). The minimum atomic E-state index is -0.299. The van der Waals surface area contributed by atoms with Crippen molar-refractivity contribution in [3.8, 4) is 5.75 Å². The van der Waals surface area contributed by atoms with E-state index >= 15 is 0 Å². The lowest BCUT2D eigenvalue weighted by molar-refractivity contribution is -0.125. The Labute approximate surface area is 135 Å². The van der Waals surface area contributed by atoms with Gasteiger partial charge in [0.1, 0.15) is 5.75 Å². The van der Waals surface area contributed by atoms with E-state index < -0.39 is 0 Å². The summed E-state index contributed by atoms with van der Waals surface area (Å²) in [6.45, 7) is 0.398. The summed E-state index contributed by atoms with van der Waals surface area (Å²) in [7, 11) is 1.61. The summed E-state index contributed by atoms with van der Waals surface area (Å²) in [4.78, 5) is 24.6. The number of ketones is 1. The highest BCUT2D eigenvalue weighted by Crippen LogP contribution is 2.26. The minimum absolute atomic E-state index is 0.0456. The maximum atomic E-state index is 12.4. The van der Waals surface area contributed by atoms with Crippen molar-refractivity contribution >= 4 is 11.7 Å². The van der Waals surface area contributed by atoms with Gasteiger partial charge in [0.05, 0.1) is 7.11 Å². The molecule has 0 radical (unpaired) electrons. The van der Waals surface area contributed by atoms with E-state index in [9.17, 15) is 9.59 Å². The molecule has 1 amide bonds. The molecule has 0 bridgehead atoms. The average molecular weight is 309 g/mol. The first kappa shape index (κ1) is 15.3. The lowest BCUT2D eigenvalue weighted by Gasteiger charge is -2.23. The van der Waals surface area contributed by atoms with Crippen LogP contribution in [-0.4, -0.2) is 18.8 Å². The Morgan fingerprint density at radius 1 is 1.13 bits per heavy atom. The highest BCUT2D eigenvalue weighted by Gasteiger charge is 2.29. The third-order valence-electron chi connectivity index (χ3n) is 4.23. The third kappa shape index (κ3) is 3.26. The number of hydrogen-bond donors (Lipinski definition) is 1. The molecule has 1 N–H and O–H groups in total. The van der Waals surface area contributed by atoms with E-state index in [2.05, 4.69) is 5.32 Å². The normalized spacial score (nSPS) is 16.6. The summed E-state index contributed by atoms with van der Waals surface area (Å²) in [5, 5.41) is 2.92. The van der Waals surface area contributed by atoms with Crippen molar-refractivity contribution in [2.45, 2.75) is 19.4 Å². The second-order valence-corrected chi connectivity index (χ2v) is 5.72. The second-order valence-electron chi connectivity index (χ2n) is 5.72. The number of rotatable bonds is 4. The monoisotopic (exact) mass is 309 g/mol. The van der Waals surface area contributed by atoms with E-state index in [0.29, 0.717) is 13.0 Å². The molecule has 0 aromatic heterocycles. The number of hydrogen-bond acceptors (Lipinski definition) is 3. The second kappa shape index (κ2) is 6.65. The Morgan fingerprint density at radius 2 is 1.87 bits per heavy atom. The predicted octanol–water partition coefficient (Wildman–Crippen LogP) is 2.76. The Hall–Kier alpha value is -2.62. The van der Waals surface area contributed by atoms with Gasteiger partial charge in [0.15, 0.2) is 5.78 Å². The van der Waals surface area contributed by atoms with E-state index in [-0.39, 0.29) is 24.0 Å². The summed E-state index contributed by atoms with van der Waals surface area (Å²) in [5.41, 5.74) is 2.63. The molecule has 118 valence electrons. The topological polar surface area (TPSA) is 55.4 Å². The summed E-state index contributed by atoms with van der Waals surface area (Å²) in [6, 6.07) is 15.1. The fourth-order valence-corrected chi connectivity index (χ4v) is 3.00. The SMILES string of the molecule is COc1ccccc1CNC(=O)C1CC(=O)c2ccccc2C1. The van der Waals surface area contributed by atoms with Gasteiger partial charge in [-0.3, -0.25) is 9.59 Å². The molecule has 2 aromatic carbocycles. The maximum Gasteiger partial charge on any atom is 0.224 e. The molecule has 23 heavy (non-hydrogen) atoms. The largest absolute Gasteiger partial charge is 0.496 e. The Morgan fingerprint density at radius 3 is 2.70 bits per heavy atom. The third-order valence-corrected chi connectivity index (χ3v) is 4.23. The van der Waals surface area contributed by atoms with Gasteiger partial charge in [0.25, 0.3) is 0 Å². The van der Waals surface area contributed by atoms with Crippen molar-refractivity contribution < 1.29 is 14.3 Å². The van der Waals surface area contributed by atoms with E-state index in [1.165, 1.54) is 0 Å². The van der Waals surface area contributed by atoms with Gasteiger partial charge in [0, 0.05) is 30.0 Å². The number of fused-ring (bicyclic) bond motifs is 1. The molecule has 1 aliphatic rings. The van der Waals surface area contributed by atoms with E-state index in [0.717, 1.165) is 22.4 Å². The van der Waals surface area contributed by atoms with Gasteiger partial charge >= 0.3 is 0 Å². The van der Waals surface area contributed by atoms with Crippen LogP contribution in [0.4, 0.5) is 0 Å². The summed E-state index contributed by atoms with van der Waals surface area (Å²) in [6.07, 6.45) is 0.883. The van der Waals surface area contributed by atoms with Gasteiger partial charge in [0.2, 0.25) is 5.91 Å². The molecule has 0 aliphatic heterocycles. The zero-order valence-electron chi connectivity index (χ0n) is 13.0. The number of para-hydroxylation sites is 1. The molecule has 0 heterocycles. The minimum Gasteiger partial charge on any atom is -0.496 e. The van der Waals surface area contributed by atoms with E-state index in [1.54, 1.807) is 7.11 Å². The molecule has 2 aromatic rings. The maximum absolute atomic E-state index is 12.4. The molecule has 1 unspecified atom stereocenters. The highest BCUT2D eigenvalue weighted by molar-refractivity contribution is 6.01. The predicted molar refractivity (Wildman–Crippen MR) is 87.4 cm³/mol. The first-order chi connectivity index (χ1) is 11.2. The summed E-state index contributed by atoms with van der Waals surface area (Å²) >= 11 is 0. The first-order valence-corrected chi connectivity index (χ1v) is 7.69. The average Bonchev–Trinajstić information content (AvgIpc) is 2.59. The van der Waals surface area contributed by atoms with Gasteiger partial charge in [-0.15, -0.1) is 0 Å². The summed E-state index contributed by atoms with van der Waals surface area (Å²) < 4.78 is 5.28. The smallest absolute Gasteiger partial charge is 0.224 e. The van der Waals surface area contributed by atoms with Crippen molar-refractivity contribution in [1.29, 1.82) is 0 Å². The van der Waals surface area contributed by atoms with Crippen LogP contribution in [0.2, 0.25) is 0 Å². The van der Waals surface area contributed by atoms with E-state index in [4.69, 9.17) is 4.74 Å². The van der Waals surface area contributed by atoms with Crippen LogP contribution in [0.5, 0.6) is 5.75 Å². The lowest BCUT2D eigenvalue weighted by Crippen LogP contribution is -2.35. The molecule has 3 rings (SSSR count). The first-order valence-electron chi connectivity index (χ1n) is 7.69. The number of benzene rings is 2. The molecule has 4 nitrogen and oxygen atoms in total. The van der Waals surface area contributed by atoms with Crippen LogP contribution in [0.15, 0.2) is 48.5 Å². The number of methoxy groups -OCH3 is 1. The van der Waals surface area contributed by atoms with Gasteiger partial charge in [-0.05, 0) is 18.1 Å². The number of nitrogens with one attached hydrogen (secondary N) is 1. The van der Waals surface area contributed by atoms with Gasteiger partial charge in [-0.25, -0.2) is 0 Å². The molecular formula is C19H19NO3. The van der Waals surface area contributed by atoms with E-state index in [1.807, 2.05) is 48.5 Å². The Kier molecular flexibility index (Phi) is 4.42. The Bertz CT molecular complexity index is 739.